The highest BCUT2D eigenvalue weighted by Crippen LogP contribution is 2.36. The van der Waals surface area contributed by atoms with Crippen LogP contribution in [-0.4, -0.2) is 13.1 Å². The molecule has 0 bridgehead atoms. The van der Waals surface area contributed by atoms with Crippen LogP contribution in [0.3, 0.4) is 0 Å². The zero-order valence-electron chi connectivity index (χ0n) is 15.8. The van der Waals surface area contributed by atoms with E-state index in [2.05, 4.69) is 87.2 Å². The maximum Gasteiger partial charge on any atom is 0.136 e. The molecule has 0 aliphatic carbocycles. The van der Waals surface area contributed by atoms with Gasteiger partial charge in [-0.1, -0.05) is 70.2 Å². The minimum Gasteiger partial charge on any atom is -0.458 e. The van der Waals surface area contributed by atoms with Crippen LogP contribution >= 0.6 is 0 Å². The summed E-state index contributed by atoms with van der Waals surface area (Å²) in [5.41, 5.74) is 3.56. The Morgan fingerprint density at radius 1 is 0.800 bits per heavy atom. The van der Waals surface area contributed by atoms with Gasteiger partial charge in [0.25, 0.3) is 0 Å². The summed E-state index contributed by atoms with van der Waals surface area (Å²) in [4.78, 5) is 2.53. The molecule has 132 valence electrons. The van der Waals surface area contributed by atoms with E-state index >= 15 is 0 Å². The van der Waals surface area contributed by atoms with Crippen molar-refractivity contribution in [2.75, 3.05) is 18.0 Å². The van der Waals surface area contributed by atoms with Gasteiger partial charge in [-0.15, -0.1) is 0 Å². The average molecular weight is 335 g/mol. The molecule has 0 spiro atoms. The maximum atomic E-state index is 6.31. The quantitative estimate of drug-likeness (QED) is 0.515. The lowest BCUT2D eigenvalue weighted by atomic mass is 10.1. The Hall–Kier alpha value is -2.22. The van der Waals surface area contributed by atoms with E-state index < -0.39 is 0 Å². The van der Waals surface area contributed by atoms with Crippen LogP contribution in [0.1, 0.15) is 39.0 Å². The Morgan fingerprint density at radius 2 is 1.40 bits per heavy atom. The predicted molar refractivity (Wildman–Crippen MR) is 107 cm³/mol. The minimum absolute atomic E-state index is 0.608. The molecule has 0 N–H and O–H groups in total. The van der Waals surface area contributed by atoms with Gasteiger partial charge in [-0.3, -0.25) is 0 Å². The number of fused-ring (bicyclic) bond motifs is 1. The summed E-state index contributed by atoms with van der Waals surface area (Å²) >= 11 is 0. The van der Waals surface area contributed by atoms with Crippen molar-refractivity contribution in [3.05, 3.63) is 65.9 Å². The SMILES string of the molecule is CC(C)CN(CC(C)C)c1c(Cc2ccccc2)oc2ccccc12. The molecule has 0 fully saturated rings. The second-order valence-corrected chi connectivity index (χ2v) is 7.73. The van der Waals surface area contributed by atoms with E-state index in [0.29, 0.717) is 11.8 Å². The molecule has 0 saturated carbocycles. The average Bonchev–Trinajstić information content (AvgIpc) is 2.92. The fraction of sp³-hybridized carbons (Fsp3) is 0.391. The van der Waals surface area contributed by atoms with Crippen molar-refractivity contribution < 1.29 is 4.42 Å². The van der Waals surface area contributed by atoms with Crippen LogP contribution in [-0.2, 0) is 6.42 Å². The van der Waals surface area contributed by atoms with Gasteiger partial charge < -0.3 is 9.32 Å². The number of hydrogen-bond donors (Lipinski definition) is 0. The highest BCUT2D eigenvalue weighted by Gasteiger charge is 2.21. The third-order valence-electron chi connectivity index (χ3n) is 4.33. The van der Waals surface area contributed by atoms with Gasteiger partial charge in [-0.25, -0.2) is 0 Å². The Balaban J connectivity index is 2.07. The minimum atomic E-state index is 0.608. The number of rotatable bonds is 7. The first kappa shape index (κ1) is 17.6. The second kappa shape index (κ2) is 7.77. The summed E-state index contributed by atoms with van der Waals surface area (Å²) in [6, 6.07) is 19.0. The fourth-order valence-electron chi connectivity index (χ4n) is 3.47. The van der Waals surface area contributed by atoms with Gasteiger partial charge in [0.05, 0.1) is 5.69 Å². The molecular weight excluding hydrogens is 306 g/mol. The van der Waals surface area contributed by atoms with Crippen LogP contribution in [0.4, 0.5) is 5.69 Å². The van der Waals surface area contributed by atoms with Crippen molar-refractivity contribution in [2.45, 2.75) is 34.1 Å². The van der Waals surface area contributed by atoms with Gasteiger partial charge in [0.15, 0.2) is 0 Å². The van der Waals surface area contributed by atoms with Crippen molar-refractivity contribution in [1.29, 1.82) is 0 Å². The summed E-state index contributed by atoms with van der Waals surface area (Å²) in [7, 11) is 0. The number of nitrogens with zero attached hydrogens (tertiary/aromatic N) is 1. The third kappa shape index (κ3) is 4.25. The standard InChI is InChI=1S/C23H29NO/c1-17(2)15-24(16-18(3)4)23-20-12-8-9-13-21(20)25-22(23)14-19-10-6-5-7-11-19/h5-13,17-18H,14-16H2,1-4H3. The number of furan rings is 1. The molecule has 0 amide bonds. The van der Waals surface area contributed by atoms with E-state index in [1.165, 1.54) is 16.6 Å². The first-order valence-electron chi connectivity index (χ1n) is 9.34. The van der Waals surface area contributed by atoms with Crippen LogP contribution in [0.15, 0.2) is 59.0 Å². The van der Waals surface area contributed by atoms with E-state index in [1.807, 2.05) is 0 Å². The lowest BCUT2D eigenvalue weighted by molar-refractivity contribution is 0.532. The molecule has 2 aromatic carbocycles. The van der Waals surface area contributed by atoms with Crippen LogP contribution in [0.5, 0.6) is 0 Å². The normalized spacial score (nSPS) is 11.6. The van der Waals surface area contributed by atoms with Crippen molar-refractivity contribution in [3.8, 4) is 0 Å². The van der Waals surface area contributed by atoms with E-state index in [-0.39, 0.29) is 0 Å². The van der Waals surface area contributed by atoms with Gasteiger partial charge >= 0.3 is 0 Å². The Morgan fingerprint density at radius 3 is 2.04 bits per heavy atom. The molecule has 0 aliphatic rings. The molecule has 3 rings (SSSR count). The Bertz CT molecular complexity index is 791. The topological polar surface area (TPSA) is 16.4 Å². The first-order valence-corrected chi connectivity index (χ1v) is 9.34. The molecule has 1 aromatic heterocycles. The summed E-state index contributed by atoms with van der Waals surface area (Å²) in [6.45, 7) is 11.2. The lowest BCUT2D eigenvalue weighted by Gasteiger charge is -2.28. The van der Waals surface area contributed by atoms with Crippen LogP contribution in [0.25, 0.3) is 11.0 Å². The van der Waals surface area contributed by atoms with E-state index in [0.717, 1.165) is 30.9 Å². The number of hydrogen-bond acceptors (Lipinski definition) is 2. The summed E-state index contributed by atoms with van der Waals surface area (Å²) in [6.07, 6.45) is 0.831. The first-order chi connectivity index (χ1) is 12.0. The fourth-order valence-corrected chi connectivity index (χ4v) is 3.47. The van der Waals surface area contributed by atoms with E-state index in [4.69, 9.17) is 4.42 Å². The molecular formula is C23H29NO. The zero-order chi connectivity index (χ0) is 17.8. The van der Waals surface area contributed by atoms with Crippen molar-refractivity contribution >= 4 is 16.7 Å². The summed E-state index contributed by atoms with van der Waals surface area (Å²) in [5.74, 6) is 2.29. The highest BCUT2D eigenvalue weighted by molar-refractivity contribution is 5.93. The number of anilines is 1. The number of para-hydroxylation sites is 1. The second-order valence-electron chi connectivity index (χ2n) is 7.73. The van der Waals surface area contributed by atoms with Crippen LogP contribution in [0.2, 0.25) is 0 Å². The largest absolute Gasteiger partial charge is 0.458 e. The molecule has 2 nitrogen and oxygen atoms in total. The van der Waals surface area contributed by atoms with Crippen molar-refractivity contribution in [3.63, 3.8) is 0 Å². The molecule has 0 atom stereocenters. The molecule has 2 heteroatoms. The van der Waals surface area contributed by atoms with Gasteiger partial charge in [-0.05, 0) is 29.5 Å². The Labute approximate surface area is 151 Å². The van der Waals surface area contributed by atoms with E-state index in [1.54, 1.807) is 0 Å². The highest BCUT2D eigenvalue weighted by atomic mass is 16.3. The van der Waals surface area contributed by atoms with Gasteiger partial charge in [-0.2, -0.15) is 0 Å². The van der Waals surface area contributed by atoms with Gasteiger partial charge in [0, 0.05) is 24.9 Å². The summed E-state index contributed by atoms with van der Waals surface area (Å²) in [5, 5.41) is 1.23. The predicted octanol–water partition coefficient (Wildman–Crippen LogP) is 6.14. The van der Waals surface area contributed by atoms with Crippen LogP contribution in [0, 0.1) is 11.8 Å². The molecule has 3 aromatic rings. The third-order valence-corrected chi connectivity index (χ3v) is 4.33. The molecule has 1 heterocycles. The van der Waals surface area contributed by atoms with Gasteiger partial charge in [0.2, 0.25) is 0 Å². The van der Waals surface area contributed by atoms with Gasteiger partial charge in [0.1, 0.15) is 11.3 Å². The monoisotopic (exact) mass is 335 g/mol. The number of benzene rings is 2. The Kier molecular flexibility index (Phi) is 5.47. The smallest absolute Gasteiger partial charge is 0.136 e. The van der Waals surface area contributed by atoms with Crippen LogP contribution < -0.4 is 4.90 Å². The molecule has 0 radical (unpaired) electrons. The molecule has 0 aliphatic heterocycles. The lowest BCUT2D eigenvalue weighted by Crippen LogP contribution is -2.31. The zero-order valence-corrected chi connectivity index (χ0v) is 15.8. The maximum absolute atomic E-state index is 6.31. The van der Waals surface area contributed by atoms with E-state index in [9.17, 15) is 0 Å². The molecule has 0 unspecified atom stereocenters. The molecule has 25 heavy (non-hydrogen) atoms. The summed E-state index contributed by atoms with van der Waals surface area (Å²) < 4.78 is 6.31. The van der Waals surface area contributed by atoms with Crippen molar-refractivity contribution in [1.82, 2.24) is 0 Å². The molecule has 0 saturated heterocycles. The van der Waals surface area contributed by atoms with Crippen molar-refractivity contribution in [2.24, 2.45) is 11.8 Å².